The first-order chi connectivity index (χ1) is 23.0. The van der Waals surface area contributed by atoms with Gasteiger partial charge in [0.1, 0.15) is 12.6 Å². The number of benzene rings is 4. The van der Waals surface area contributed by atoms with E-state index in [1.54, 1.807) is 24.3 Å². The van der Waals surface area contributed by atoms with E-state index in [1.807, 2.05) is 68.4 Å². The Morgan fingerprint density at radius 3 is 2.19 bits per heavy atom. The number of sulfonamides is 1. The average Bonchev–Trinajstić information content (AvgIpc) is 3.08. The van der Waals surface area contributed by atoms with Crippen LogP contribution < -0.4 is 9.62 Å². The zero-order valence-corrected chi connectivity index (χ0v) is 29.6. The summed E-state index contributed by atoms with van der Waals surface area (Å²) in [6, 6.07) is 27.4. The molecule has 1 N–H and O–H groups in total. The zero-order chi connectivity index (χ0) is 34.3. The summed E-state index contributed by atoms with van der Waals surface area (Å²) in [7, 11) is -4.31. The molecule has 252 valence electrons. The minimum absolute atomic E-state index is 0.00160. The monoisotopic (exact) mass is 705 g/mol. The Hall–Kier alpha value is -3.85. The van der Waals surface area contributed by atoms with Crippen molar-refractivity contribution in [2.75, 3.05) is 10.8 Å². The van der Waals surface area contributed by atoms with Crippen LogP contribution in [0.3, 0.4) is 0 Å². The maximum atomic E-state index is 14.8. The summed E-state index contributed by atoms with van der Waals surface area (Å²) in [5.41, 5.74) is 3.63. The lowest BCUT2D eigenvalue weighted by molar-refractivity contribution is -0.140. The molecule has 0 radical (unpaired) electrons. The molecule has 0 heterocycles. The van der Waals surface area contributed by atoms with Crippen LogP contribution in [-0.4, -0.2) is 43.8 Å². The molecule has 1 aliphatic rings. The molecule has 4 aromatic carbocycles. The van der Waals surface area contributed by atoms with Crippen LogP contribution in [0, 0.1) is 13.8 Å². The van der Waals surface area contributed by atoms with E-state index in [1.165, 1.54) is 23.1 Å². The Bertz CT molecular complexity index is 1830. The van der Waals surface area contributed by atoms with Crippen LogP contribution in [0.4, 0.5) is 5.69 Å². The number of hydrogen-bond acceptors (Lipinski definition) is 4. The number of anilines is 1. The van der Waals surface area contributed by atoms with E-state index in [2.05, 4.69) is 5.32 Å². The van der Waals surface area contributed by atoms with Crippen molar-refractivity contribution in [2.45, 2.75) is 75.9 Å². The topological polar surface area (TPSA) is 86.8 Å². The van der Waals surface area contributed by atoms with Crippen molar-refractivity contribution in [1.29, 1.82) is 0 Å². The molecule has 2 amide bonds. The molecule has 0 aliphatic heterocycles. The molecule has 0 bridgehead atoms. The SMILES string of the molecule is Cc1ccc(S(=O)(=O)N(CC(=O)N(Cc2ccccc2C)[C@@H](Cc2ccccc2)C(=O)NC2CCCCC2)c2cccc(Cl)c2Cl)cc1. The van der Waals surface area contributed by atoms with Crippen molar-refractivity contribution in [3.8, 4) is 0 Å². The maximum Gasteiger partial charge on any atom is 0.264 e. The molecule has 5 rings (SSSR count). The number of nitrogens with one attached hydrogen (secondary N) is 1. The second-order valence-electron chi connectivity index (χ2n) is 12.4. The highest BCUT2D eigenvalue weighted by atomic mass is 35.5. The Kier molecular flexibility index (Phi) is 11.8. The van der Waals surface area contributed by atoms with E-state index in [0.29, 0.717) is 0 Å². The van der Waals surface area contributed by atoms with Crippen molar-refractivity contribution in [3.05, 3.63) is 129 Å². The third-order valence-electron chi connectivity index (χ3n) is 8.91. The smallest absolute Gasteiger partial charge is 0.264 e. The van der Waals surface area contributed by atoms with Crippen LogP contribution in [0.5, 0.6) is 0 Å². The van der Waals surface area contributed by atoms with E-state index in [4.69, 9.17) is 23.2 Å². The van der Waals surface area contributed by atoms with Crippen molar-refractivity contribution in [1.82, 2.24) is 10.2 Å². The molecule has 0 aromatic heterocycles. The first kappa shape index (κ1) is 35.5. The fourth-order valence-electron chi connectivity index (χ4n) is 6.11. The van der Waals surface area contributed by atoms with E-state index >= 15 is 0 Å². The molecule has 10 heteroatoms. The molecule has 4 aromatic rings. The zero-order valence-electron chi connectivity index (χ0n) is 27.2. The Morgan fingerprint density at radius 2 is 1.50 bits per heavy atom. The Balaban J connectivity index is 1.59. The summed E-state index contributed by atoms with van der Waals surface area (Å²) in [5.74, 6) is -0.814. The predicted molar refractivity (Wildman–Crippen MR) is 193 cm³/mol. The van der Waals surface area contributed by atoms with Crippen LogP contribution in [0.1, 0.15) is 54.4 Å². The quantitative estimate of drug-likeness (QED) is 0.162. The van der Waals surface area contributed by atoms with Gasteiger partial charge < -0.3 is 10.2 Å². The Labute approximate surface area is 293 Å². The van der Waals surface area contributed by atoms with Gasteiger partial charge in [0.2, 0.25) is 11.8 Å². The van der Waals surface area contributed by atoms with Crippen LogP contribution in [0.15, 0.2) is 102 Å². The van der Waals surface area contributed by atoms with E-state index in [0.717, 1.165) is 58.7 Å². The molecular weight excluding hydrogens is 665 g/mol. The van der Waals surface area contributed by atoms with Gasteiger partial charge in [0.25, 0.3) is 10.0 Å². The van der Waals surface area contributed by atoms with Crippen molar-refractivity contribution >= 4 is 50.7 Å². The van der Waals surface area contributed by atoms with Gasteiger partial charge >= 0.3 is 0 Å². The number of hydrogen-bond donors (Lipinski definition) is 1. The van der Waals surface area contributed by atoms with Crippen LogP contribution in [-0.2, 0) is 32.6 Å². The minimum atomic E-state index is -4.31. The minimum Gasteiger partial charge on any atom is -0.352 e. The molecule has 1 atom stereocenters. The van der Waals surface area contributed by atoms with E-state index < -0.39 is 28.5 Å². The van der Waals surface area contributed by atoms with E-state index in [-0.39, 0.29) is 45.5 Å². The molecule has 48 heavy (non-hydrogen) atoms. The summed E-state index contributed by atoms with van der Waals surface area (Å²) in [5, 5.41) is 3.39. The lowest BCUT2D eigenvalue weighted by Crippen LogP contribution is -2.55. The molecule has 1 saturated carbocycles. The second-order valence-corrected chi connectivity index (χ2v) is 15.0. The Morgan fingerprint density at radius 1 is 0.833 bits per heavy atom. The number of carbonyl (C=O) groups is 2. The number of rotatable bonds is 12. The summed E-state index contributed by atoms with van der Waals surface area (Å²) in [6.07, 6.45) is 5.21. The molecule has 0 saturated heterocycles. The molecule has 1 fully saturated rings. The summed E-state index contributed by atoms with van der Waals surface area (Å²) < 4.78 is 29.6. The number of nitrogens with zero attached hydrogens (tertiary/aromatic N) is 2. The summed E-state index contributed by atoms with van der Waals surface area (Å²) in [4.78, 5) is 30.5. The number of amides is 2. The number of halogens is 2. The largest absolute Gasteiger partial charge is 0.352 e. The molecular formula is C38H41Cl2N3O4S. The third-order valence-corrected chi connectivity index (χ3v) is 11.5. The highest BCUT2D eigenvalue weighted by Gasteiger charge is 2.36. The first-order valence-corrected chi connectivity index (χ1v) is 18.5. The number of aryl methyl sites for hydroxylation is 2. The normalized spacial score (nSPS) is 14.2. The first-order valence-electron chi connectivity index (χ1n) is 16.3. The van der Waals surface area contributed by atoms with Gasteiger partial charge in [-0.2, -0.15) is 0 Å². The lowest BCUT2D eigenvalue weighted by Gasteiger charge is -2.35. The van der Waals surface area contributed by atoms with Crippen LogP contribution in [0.2, 0.25) is 10.0 Å². The van der Waals surface area contributed by atoms with Crippen molar-refractivity contribution < 1.29 is 18.0 Å². The number of carbonyl (C=O) groups excluding carboxylic acids is 2. The van der Waals surface area contributed by atoms with Gasteiger partial charge in [-0.05, 0) is 67.6 Å². The van der Waals surface area contributed by atoms with Gasteiger partial charge in [0.05, 0.1) is 20.6 Å². The summed E-state index contributed by atoms with van der Waals surface area (Å²) >= 11 is 13.0. The third kappa shape index (κ3) is 8.59. The van der Waals surface area contributed by atoms with Gasteiger partial charge in [0, 0.05) is 19.0 Å². The molecule has 7 nitrogen and oxygen atoms in total. The molecule has 0 unspecified atom stereocenters. The van der Waals surface area contributed by atoms with Crippen LogP contribution in [0.25, 0.3) is 0 Å². The van der Waals surface area contributed by atoms with Gasteiger partial charge in [-0.3, -0.25) is 13.9 Å². The fraction of sp³-hybridized carbons (Fsp3) is 0.316. The predicted octanol–water partition coefficient (Wildman–Crippen LogP) is 7.89. The van der Waals surface area contributed by atoms with Gasteiger partial charge in [-0.1, -0.05) is 121 Å². The van der Waals surface area contributed by atoms with Crippen molar-refractivity contribution in [2.24, 2.45) is 0 Å². The fourth-order valence-corrected chi connectivity index (χ4v) is 7.98. The van der Waals surface area contributed by atoms with Gasteiger partial charge in [0.15, 0.2) is 0 Å². The highest BCUT2D eigenvalue weighted by Crippen LogP contribution is 2.36. The summed E-state index contributed by atoms with van der Waals surface area (Å²) in [6.45, 7) is 3.30. The standard InChI is InChI=1S/C38H41Cl2N3O4S/c1-27-20-22-32(23-21-27)48(46,47)43(34-19-11-18-33(39)37(34)40)26-36(44)42(25-30-15-10-9-12-28(30)2)35(24-29-13-5-3-6-14-29)38(45)41-31-16-7-4-8-17-31/h3,5-6,9-15,18-23,31,35H,4,7-8,16-17,24-26H2,1-2H3,(H,41,45)/t35-/m0/s1. The average molecular weight is 707 g/mol. The van der Waals surface area contributed by atoms with E-state index in [9.17, 15) is 18.0 Å². The second kappa shape index (κ2) is 16.0. The van der Waals surface area contributed by atoms with Gasteiger partial charge in [-0.25, -0.2) is 8.42 Å². The molecule has 0 spiro atoms. The van der Waals surface area contributed by atoms with Gasteiger partial charge in [-0.15, -0.1) is 0 Å². The highest BCUT2D eigenvalue weighted by molar-refractivity contribution is 7.92. The van der Waals surface area contributed by atoms with Crippen LogP contribution >= 0.6 is 23.2 Å². The van der Waals surface area contributed by atoms with Crippen molar-refractivity contribution in [3.63, 3.8) is 0 Å². The lowest BCUT2D eigenvalue weighted by atomic mass is 9.94. The maximum absolute atomic E-state index is 14.8. The molecule has 1 aliphatic carbocycles.